The summed E-state index contributed by atoms with van der Waals surface area (Å²) >= 11 is 1.55. The number of ether oxygens (including phenoxy) is 8. The van der Waals surface area contributed by atoms with Crippen LogP contribution in [0, 0.1) is 0 Å². The second-order valence-electron chi connectivity index (χ2n) is 14.4. The number of hydrogen-bond acceptors (Lipinski definition) is 11. The summed E-state index contributed by atoms with van der Waals surface area (Å²) in [4.78, 5) is 25.2. The van der Waals surface area contributed by atoms with Gasteiger partial charge in [0.15, 0.2) is 6.29 Å². The molecule has 294 valence electrons. The predicted octanol–water partition coefficient (Wildman–Crippen LogP) is 6.21. The van der Waals surface area contributed by atoms with Crippen LogP contribution < -0.4 is 5.32 Å². The van der Waals surface area contributed by atoms with Crippen LogP contribution in [0.4, 0.5) is 0 Å². The molecule has 3 aromatic rings. The van der Waals surface area contributed by atoms with Crippen LogP contribution in [0.2, 0.25) is 0 Å². The van der Waals surface area contributed by atoms with E-state index in [-0.39, 0.29) is 30.5 Å². The van der Waals surface area contributed by atoms with Gasteiger partial charge in [0.2, 0.25) is 5.91 Å². The van der Waals surface area contributed by atoms with Crippen LogP contribution in [0.25, 0.3) is 0 Å². The molecule has 10 atom stereocenters. The Bertz CT molecular complexity index is 1580. The summed E-state index contributed by atoms with van der Waals surface area (Å²) < 4.78 is 51.6. The summed E-state index contributed by atoms with van der Waals surface area (Å²) in [5.74, 6) is -0.789. The molecular formula is C42H55NO10S. The minimum atomic E-state index is -1.02. The first-order valence-corrected chi connectivity index (χ1v) is 19.7. The summed E-state index contributed by atoms with van der Waals surface area (Å²) in [6, 6.07) is 29.1. The molecule has 1 amide bonds. The van der Waals surface area contributed by atoms with Crippen molar-refractivity contribution in [3.05, 3.63) is 108 Å². The van der Waals surface area contributed by atoms with Gasteiger partial charge in [0, 0.05) is 14.0 Å². The topological polar surface area (TPSA) is 120 Å². The molecule has 0 radical (unpaired) electrons. The molecule has 5 rings (SSSR count). The maximum absolute atomic E-state index is 13.5. The molecule has 0 bridgehead atoms. The molecular weight excluding hydrogens is 711 g/mol. The van der Waals surface area contributed by atoms with E-state index in [1.807, 2.05) is 111 Å². The molecule has 54 heavy (non-hydrogen) atoms. The minimum absolute atomic E-state index is 0.0598. The van der Waals surface area contributed by atoms with E-state index in [2.05, 4.69) is 5.32 Å². The zero-order valence-corrected chi connectivity index (χ0v) is 33.1. The van der Waals surface area contributed by atoms with Gasteiger partial charge in [-0.25, -0.2) is 0 Å². The van der Waals surface area contributed by atoms with Crippen molar-refractivity contribution in [3.63, 3.8) is 0 Å². The van der Waals surface area contributed by atoms with Crippen LogP contribution in [0.1, 0.15) is 57.7 Å². The highest BCUT2D eigenvalue weighted by atomic mass is 32.2. The van der Waals surface area contributed by atoms with E-state index in [1.54, 1.807) is 32.7 Å². The fraction of sp³-hybridized carbons (Fsp3) is 0.524. The van der Waals surface area contributed by atoms with E-state index >= 15 is 0 Å². The van der Waals surface area contributed by atoms with Crippen molar-refractivity contribution in [2.75, 3.05) is 13.4 Å². The Labute approximate surface area is 323 Å². The summed E-state index contributed by atoms with van der Waals surface area (Å²) in [5, 5.41) is 3.10. The normalized spacial score (nSPS) is 28.6. The second kappa shape index (κ2) is 20.0. The smallest absolute Gasteiger partial charge is 0.303 e. The van der Waals surface area contributed by atoms with Crippen molar-refractivity contribution in [2.24, 2.45) is 0 Å². The third-order valence-corrected chi connectivity index (χ3v) is 10.4. The molecule has 3 aromatic carbocycles. The quantitative estimate of drug-likeness (QED) is 0.158. The number of methoxy groups -OCH3 is 1. The summed E-state index contributed by atoms with van der Waals surface area (Å²) in [6.45, 7) is 9.50. The van der Waals surface area contributed by atoms with E-state index in [9.17, 15) is 9.59 Å². The Morgan fingerprint density at radius 2 is 1.20 bits per heavy atom. The highest BCUT2D eigenvalue weighted by Crippen LogP contribution is 2.37. The lowest BCUT2D eigenvalue weighted by Gasteiger charge is -2.49. The molecule has 2 heterocycles. The van der Waals surface area contributed by atoms with Gasteiger partial charge in [-0.15, -0.1) is 11.8 Å². The Balaban J connectivity index is 1.44. The SMILES string of the molecule is CO[C@H]1[C@H](O[C@@H]2[C@@H](OCc3ccccc3)[C@H](C)O[C@@H](SC)[C@@H]2OCc2ccccc2)O[C@H](C)[C@@H](NC(=O)CC(C)(C)OC(C)=O)[C@@H]1OCc1ccccc1. The van der Waals surface area contributed by atoms with Crippen molar-refractivity contribution in [2.45, 2.75) is 127 Å². The first kappa shape index (κ1) is 41.8. The maximum Gasteiger partial charge on any atom is 0.303 e. The average Bonchev–Trinajstić information content (AvgIpc) is 3.14. The Morgan fingerprint density at radius 3 is 1.69 bits per heavy atom. The van der Waals surface area contributed by atoms with Gasteiger partial charge in [0.1, 0.15) is 41.6 Å². The van der Waals surface area contributed by atoms with Crippen LogP contribution in [-0.4, -0.2) is 91.3 Å². The molecule has 2 aliphatic heterocycles. The van der Waals surface area contributed by atoms with E-state index in [4.69, 9.17) is 37.9 Å². The fourth-order valence-corrected chi connectivity index (χ4v) is 7.77. The van der Waals surface area contributed by atoms with Crippen molar-refractivity contribution in [3.8, 4) is 0 Å². The number of esters is 1. The van der Waals surface area contributed by atoms with E-state index in [0.29, 0.717) is 13.2 Å². The summed E-state index contributed by atoms with van der Waals surface area (Å²) in [6.07, 6.45) is -3.20. The molecule has 0 saturated carbocycles. The second-order valence-corrected chi connectivity index (χ2v) is 15.3. The van der Waals surface area contributed by atoms with E-state index in [1.165, 1.54) is 6.92 Å². The highest BCUT2D eigenvalue weighted by Gasteiger charge is 2.52. The fourth-order valence-electron chi connectivity index (χ4n) is 6.98. The van der Waals surface area contributed by atoms with Crippen LogP contribution in [-0.2, 0) is 67.3 Å². The van der Waals surface area contributed by atoms with Crippen molar-refractivity contribution in [1.29, 1.82) is 0 Å². The average molecular weight is 766 g/mol. The van der Waals surface area contributed by atoms with Crippen LogP contribution in [0.3, 0.4) is 0 Å². The molecule has 1 N–H and O–H groups in total. The molecule has 2 fully saturated rings. The molecule has 0 unspecified atom stereocenters. The van der Waals surface area contributed by atoms with Gasteiger partial charge < -0.3 is 43.2 Å². The molecule has 2 saturated heterocycles. The van der Waals surface area contributed by atoms with Crippen LogP contribution in [0.5, 0.6) is 0 Å². The summed E-state index contributed by atoms with van der Waals surface area (Å²) in [7, 11) is 1.58. The van der Waals surface area contributed by atoms with Gasteiger partial charge in [-0.2, -0.15) is 0 Å². The number of carbonyl (C=O) groups excluding carboxylic acids is 2. The number of thioether (sulfide) groups is 1. The number of nitrogens with one attached hydrogen (secondary N) is 1. The van der Waals surface area contributed by atoms with Gasteiger partial charge >= 0.3 is 5.97 Å². The standard InChI is InChI=1S/C42H55NO10S/c1-27-34(43-33(45)23-42(4,5)53-29(3)44)36(48-25-31-19-13-9-14-20-31)38(46-6)40(50-27)52-37-35(47-24-30-17-11-8-12-18-30)28(2)51-41(54-7)39(37)49-26-32-21-15-10-16-22-32/h8-22,27-28,34-41H,23-26H2,1-7H3,(H,43,45)/t27-,28+,34-,35+,36+,37-,38-,39-,40+,41+/m1/s1. The lowest BCUT2D eigenvalue weighted by Crippen LogP contribution is -2.67. The monoisotopic (exact) mass is 765 g/mol. The number of carbonyl (C=O) groups is 2. The van der Waals surface area contributed by atoms with Gasteiger partial charge in [-0.05, 0) is 50.6 Å². The van der Waals surface area contributed by atoms with E-state index in [0.717, 1.165) is 16.7 Å². The van der Waals surface area contributed by atoms with Gasteiger partial charge in [-0.1, -0.05) is 91.0 Å². The van der Waals surface area contributed by atoms with Gasteiger partial charge in [0.25, 0.3) is 0 Å². The molecule has 11 nitrogen and oxygen atoms in total. The zero-order valence-electron chi connectivity index (χ0n) is 32.3. The molecule has 12 heteroatoms. The van der Waals surface area contributed by atoms with Crippen LogP contribution >= 0.6 is 11.8 Å². The lowest BCUT2D eigenvalue weighted by molar-refractivity contribution is -0.333. The largest absolute Gasteiger partial charge is 0.459 e. The van der Waals surface area contributed by atoms with Crippen molar-refractivity contribution in [1.82, 2.24) is 5.32 Å². The first-order valence-electron chi connectivity index (χ1n) is 18.5. The summed E-state index contributed by atoms with van der Waals surface area (Å²) in [5.41, 5.74) is 1.59. The number of amides is 1. The van der Waals surface area contributed by atoms with Gasteiger partial charge in [0.05, 0.1) is 44.5 Å². The maximum atomic E-state index is 13.5. The first-order chi connectivity index (χ1) is 26.0. The number of hydrogen-bond donors (Lipinski definition) is 1. The Kier molecular flexibility index (Phi) is 15.5. The Morgan fingerprint density at radius 1 is 0.704 bits per heavy atom. The molecule has 0 aliphatic carbocycles. The van der Waals surface area contributed by atoms with Crippen molar-refractivity contribution >= 4 is 23.6 Å². The van der Waals surface area contributed by atoms with Gasteiger partial charge in [-0.3, -0.25) is 9.59 Å². The Hall–Kier alpha value is -3.33. The third-order valence-electron chi connectivity index (χ3n) is 9.51. The molecule has 2 aliphatic rings. The molecule has 0 aromatic heterocycles. The lowest BCUT2D eigenvalue weighted by atomic mass is 9.94. The number of benzene rings is 3. The number of rotatable bonds is 17. The minimum Gasteiger partial charge on any atom is -0.459 e. The van der Waals surface area contributed by atoms with Crippen LogP contribution in [0.15, 0.2) is 91.0 Å². The zero-order chi connectivity index (χ0) is 38.7. The van der Waals surface area contributed by atoms with E-state index < -0.39 is 60.5 Å². The highest BCUT2D eigenvalue weighted by molar-refractivity contribution is 7.99. The molecule has 0 spiro atoms. The van der Waals surface area contributed by atoms with Crippen molar-refractivity contribution < 1.29 is 47.5 Å². The predicted molar refractivity (Wildman–Crippen MR) is 205 cm³/mol. The third kappa shape index (κ3) is 11.6.